The fourth-order valence-electron chi connectivity index (χ4n) is 2.67. The molecular formula is C15H20F3NO2. The lowest BCUT2D eigenvalue weighted by Crippen LogP contribution is -2.34. The van der Waals surface area contributed by atoms with E-state index in [9.17, 15) is 13.2 Å². The van der Waals surface area contributed by atoms with Gasteiger partial charge in [-0.2, -0.15) is 13.2 Å². The number of aliphatic hydroxyl groups is 1. The van der Waals surface area contributed by atoms with Gasteiger partial charge in [-0.25, -0.2) is 0 Å². The normalized spacial score (nSPS) is 20.0. The number of fused-ring (bicyclic) bond motifs is 1. The van der Waals surface area contributed by atoms with Crippen molar-refractivity contribution >= 4 is 0 Å². The molecule has 2 N–H and O–H groups in total. The van der Waals surface area contributed by atoms with Crippen LogP contribution in [0.1, 0.15) is 36.9 Å². The van der Waals surface area contributed by atoms with Gasteiger partial charge in [0, 0.05) is 6.04 Å². The van der Waals surface area contributed by atoms with E-state index < -0.39 is 18.9 Å². The highest BCUT2D eigenvalue weighted by molar-refractivity contribution is 5.43. The van der Waals surface area contributed by atoms with Crippen LogP contribution in [0.15, 0.2) is 18.2 Å². The molecule has 0 aromatic heterocycles. The maximum atomic E-state index is 12.3. The molecule has 2 atom stereocenters. The Labute approximate surface area is 122 Å². The van der Waals surface area contributed by atoms with E-state index in [1.54, 1.807) is 12.1 Å². The molecule has 2 unspecified atom stereocenters. The summed E-state index contributed by atoms with van der Waals surface area (Å²) in [7, 11) is 0. The first-order valence-corrected chi connectivity index (χ1v) is 7.16. The molecule has 0 fully saturated rings. The van der Waals surface area contributed by atoms with Crippen LogP contribution in [0.3, 0.4) is 0 Å². The second-order valence-electron chi connectivity index (χ2n) is 5.19. The van der Waals surface area contributed by atoms with Crippen LogP contribution in [0.4, 0.5) is 13.2 Å². The zero-order chi connectivity index (χ0) is 15.5. The smallest absolute Gasteiger partial charge is 0.417 e. The fraction of sp³-hybridized carbons (Fsp3) is 0.600. The molecule has 118 valence electrons. The molecule has 0 amide bonds. The van der Waals surface area contributed by atoms with Crippen molar-refractivity contribution in [2.45, 2.75) is 44.5 Å². The van der Waals surface area contributed by atoms with Crippen LogP contribution in [0, 0.1) is 0 Å². The average molecular weight is 303 g/mol. The van der Waals surface area contributed by atoms with E-state index in [-0.39, 0.29) is 6.04 Å². The number of halogens is 3. The van der Waals surface area contributed by atoms with Crippen molar-refractivity contribution in [2.75, 3.05) is 13.2 Å². The standard InChI is InChI=1S/C15H20F3NO2/c1-2-19-12-7-3-6-11-10(12)5-4-8-13(11)21-9-14(20)15(16,17)18/h4-5,8,12,14,19-20H,2-3,6-7,9H2,1H3. The van der Waals surface area contributed by atoms with E-state index in [0.29, 0.717) is 5.75 Å². The summed E-state index contributed by atoms with van der Waals surface area (Å²) in [5, 5.41) is 12.4. The van der Waals surface area contributed by atoms with Gasteiger partial charge in [0.15, 0.2) is 6.10 Å². The van der Waals surface area contributed by atoms with E-state index >= 15 is 0 Å². The van der Waals surface area contributed by atoms with Crippen LogP contribution in [-0.4, -0.2) is 30.5 Å². The lowest BCUT2D eigenvalue weighted by Gasteiger charge is -2.28. The summed E-state index contributed by atoms with van der Waals surface area (Å²) in [5.74, 6) is 0.443. The molecular weight excluding hydrogens is 283 g/mol. The highest BCUT2D eigenvalue weighted by Gasteiger charge is 2.39. The second kappa shape index (κ2) is 6.66. The highest BCUT2D eigenvalue weighted by Crippen LogP contribution is 2.35. The summed E-state index contributed by atoms with van der Waals surface area (Å²) in [4.78, 5) is 0. The van der Waals surface area contributed by atoms with Crippen LogP contribution in [0.5, 0.6) is 5.75 Å². The molecule has 0 spiro atoms. The quantitative estimate of drug-likeness (QED) is 0.878. The van der Waals surface area contributed by atoms with E-state index in [1.165, 1.54) is 0 Å². The Morgan fingerprint density at radius 1 is 1.43 bits per heavy atom. The average Bonchev–Trinajstić information content (AvgIpc) is 2.44. The minimum Gasteiger partial charge on any atom is -0.490 e. The van der Waals surface area contributed by atoms with Crippen molar-refractivity contribution in [2.24, 2.45) is 0 Å². The largest absolute Gasteiger partial charge is 0.490 e. The summed E-state index contributed by atoms with van der Waals surface area (Å²) >= 11 is 0. The zero-order valence-electron chi connectivity index (χ0n) is 11.9. The van der Waals surface area contributed by atoms with Gasteiger partial charge < -0.3 is 15.2 Å². The maximum absolute atomic E-state index is 12.3. The predicted octanol–water partition coefficient (Wildman–Crippen LogP) is 2.98. The van der Waals surface area contributed by atoms with Gasteiger partial charge >= 0.3 is 6.18 Å². The minimum absolute atomic E-state index is 0.217. The predicted molar refractivity (Wildman–Crippen MR) is 73.4 cm³/mol. The summed E-state index contributed by atoms with van der Waals surface area (Å²) in [6.07, 6.45) is -4.35. The number of alkyl halides is 3. The third kappa shape index (κ3) is 3.89. The molecule has 0 saturated carbocycles. The van der Waals surface area contributed by atoms with Crippen molar-refractivity contribution in [3.63, 3.8) is 0 Å². The molecule has 0 aliphatic heterocycles. The van der Waals surface area contributed by atoms with Gasteiger partial charge in [0.2, 0.25) is 0 Å². The molecule has 0 radical (unpaired) electrons. The highest BCUT2D eigenvalue weighted by atomic mass is 19.4. The Hall–Kier alpha value is -1.27. The number of nitrogens with one attached hydrogen (secondary N) is 1. The van der Waals surface area contributed by atoms with E-state index in [4.69, 9.17) is 9.84 Å². The van der Waals surface area contributed by atoms with E-state index in [1.807, 2.05) is 13.0 Å². The van der Waals surface area contributed by atoms with Gasteiger partial charge in [0.05, 0.1) is 0 Å². The van der Waals surface area contributed by atoms with Crippen molar-refractivity contribution < 1.29 is 23.0 Å². The summed E-state index contributed by atoms with van der Waals surface area (Å²) in [5.41, 5.74) is 2.03. The van der Waals surface area contributed by atoms with Crippen molar-refractivity contribution in [3.05, 3.63) is 29.3 Å². The molecule has 1 aliphatic rings. The van der Waals surface area contributed by atoms with Crippen LogP contribution in [-0.2, 0) is 6.42 Å². The molecule has 2 rings (SSSR count). The fourth-order valence-corrected chi connectivity index (χ4v) is 2.67. The molecule has 0 bridgehead atoms. The Balaban J connectivity index is 2.13. The Kier molecular flexibility index (Phi) is 5.11. The van der Waals surface area contributed by atoms with Crippen LogP contribution >= 0.6 is 0 Å². The van der Waals surface area contributed by atoms with Gasteiger partial charge in [-0.05, 0) is 43.0 Å². The number of benzene rings is 1. The van der Waals surface area contributed by atoms with E-state index in [0.717, 1.165) is 36.9 Å². The first kappa shape index (κ1) is 16.1. The number of aliphatic hydroxyl groups excluding tert-OH is 1. The van der Waals surface area contributed by atoms with Crippen molar-refractivity contribution in [1.29, 1.82) is 0 Å². The second-order valence-corrected chi connectivity index (χ2v) is 5.19. The molecule has 1 aliphatic carbocycles. The third-order valence-electron chi connectivity index (χ3n) is 3.69. The maximum Gasteiger partial charge on any atom is 0.417 e. The number of rotatable bonds is 5. The molecule has 21 heavy (non-hydrogen) atoms. The third-order valence-corrected chi connectivity index (χ3v) is 3.69. The first-order chi connectivity index (χ1) is 9.93. The van der Waals surface area contributed by atoms with Gasteiger partial charge in [-0.1, -0.05) is 19.1 Å². The van der Waals surface area contributed by atoms with Gasteiger partial charge in [-0.3, -0.25) is 0 Å². The topological polar surface area (TPSA) is 41.5 Å². The van der Waals surface area contributed by atoms with Crippen LogP contribution in [0.25, 0.3) is 0 Å². The van der Waals surface area contributed by atoms with E-state index in [2.05, 4.69) is 5.32 Å². The summed E-state index contributed by atoms with van der Waals surface area (Å²) in [6, 6.07) is 5.64. The van der Waals surface area contributed by atoms with Gasteiger partial charge in [0.25, 0.3) is 0 Å². The van der Waals surface area contributed by atoms with Gasteiger partial charge in [0.1, 0.15) is 12.4 Å². The van der Waals surface area contributed by atoms with Gasteiger partial charge in [-0.15, -0.1) is 0 Å². The molecule has 6 heteroatoms. The molecule has 0 heterocycles. The first-order valence-electron chi connectivity index (χ1n) is 7.16. The Morgan fingerprint density at radius 2 is 2.19 bits per heavy atom. The minimum atomic E-state index is -4.65. The molecule has 1 aromatic rings. The monoisotopic (exact) mass is 303 g/mol. The van der Waals surface area contributed by atoms with Crippen LogP contribution < -0.4 is 10.1 Å². The summed E-state index contributed by atoms with van der Waals surface area (Å²) < 4.78 is 42.2. The Bertz CT molecular complexity index is 476. The molecule has 3 nitrogen and oxygen atoms in total. The number of ether oxygens (including phenoxy) is 1. The number of hydrogen-bond acceptors (Lipinski definition) is 3. The SMILES string of the molecule is CCNC1CCCc2c(OCC(O)C(F)(F)F)cccc21. The lowest BCUT2D eigenvalue weighted by molar-refractivity contribution is -0.210. The molecule has 1 aromatic carbocycles. The van der Waals surface area contributed by atoms with Crippen molar-refractivity contribution in [3.8, 4) is 5.75 Å². The number of hydrogen-bond donors (Lipinski definition) is 2. The lowest BCUT2D eigenvalue weighted by atomic mass is 9.87. The summed E-state index contributed by atoms with van der Waals surface area (Å²) in [6.45, 7) is 2.09. The van der Waals surface area contributed by atoms with Crippen molar-refractivity contribution in [1.82, 2.24) is 5.32 Å². The molecule has 0 saturated heterocycles. The van der Waals surface area contributed by atoms with Crippen LogP contribution in [0.2, 0.25) is 0 Å². The zero-order valence-corrected chi connectivity index (χ0v) is 11.9. The Morgan fingerprint density at radius 3 is 2.86 bits per heavy atom.